The molecule has 1 saturated heterocycles. The monoisotopic (exact) mass is 359 g/mol. The van der Waals surface area contributed by atoms with Crippen molar-refractivity contribution < 1.29 is 14.6 Å². The second-order valence-corrected chi connectivity index (χ2v) is 6.41. The first kappa shape index (κ1) is 16.7. The minimum Gasteiger partial charge on any atom is -0.364 e. The van der Waals surface area contributed by atoms with Crippen LogP contribution in [-0.2, 0) is 7.05 Å². The molecule has 0 spiro atoms. The molecule has 26 heavy (non-hydrogen) atoms. The lowest BCUT2D eigenvalue weighted by Gasteiger charge is -2.26. The molecule has 0 bridgehead atoms. The summed E-state index contributed by atoms with van der Waals surface area (Å²) in [6, 6.07) is 2.74. The van der Waals surface area contributed by atoms with Crippen LogP contribution >= 0.6 is 0 Å². The van der Waals surface area contributed by atoms with Crippen molar-refractivity contribution >= 4 is 11.5 Å². The van der Waals surface area contributed by atoms with Gasteiger partial charge in [-0.25, -0.2) is 13.9 Å². The van der Waals surface area contributed by atoms with Crippen molar-refractivity contribution in [1.29, 1.82) is 0 Å². The number of aromatic nitrogens is 4. The van der Waals surface area contributed by atoms with E-state index in [0.29, 0.717) is 30.0 Å². The summed E-state index contributed by atoms with van der Waals surface area (Å²) in [5.74, 6) is 0.118. The van der Waals surface area contributed by atoms with Gasteiger partial charge < -0.3 is 19.7 Å². The Labute approximate surface area is 147 Å². The van der Waals surface area contributed by atoms with E-state index in [-0.39, 0.29) is 17.2 Å². The van der Waals surface area contributed by atoms with E-state index in [1.54, 1.807) is 12.3 Å². The molecule has 136 valence electrons. The molecule has 8 nitrogen and oxygen atoms in total. The summed E-state index contributed by atoms with van der Waals surface area (Å²) in [6.45, 7) is 0.665. The minimum absolute atomic E-state index is 0.198. The third-order valence-corrected chi connectivity index (χ3v) is 4.74. The van der Waals surface area contributed by atoms with E-state index in [1.165, 1.54) is 28.4 Å². The number of hydrogen-bond donors (Lipinski definition) is 2. The molecule has 1 aliphatic heterocycles. The Morgan fingerprint density at radius 1 is 1.38 bits per heavy atom. The third kappa shape index (κ3) is 2.65. The van der Waals surface area contributed by atoms with Crippen molar-refractivity contribution in [2.45, 2.75) is 25.2 Å². The average molecular weight is 359 g/mol. The maximum absolute atomic E-state index is 13.8. The number of aryl methyl sites for hydroxylation is 1. The molecule has 4 heterocycles. The van der Waals surface area contributed by atoms with Crippen molar-refractivity contribution in [3.8, 4) is 0 Å². The van der Waals surface area contributed by atoms with Crippen molar-refractivity contribution in [2.75, 3.05) is 11.4 Å². The second-order valence-electron chi connectivity index (χ2n) is 6.41. The summed E-state index contributed by atoms with van der Waals surface area (Å²) in [4.78, 5) is 18.9. The largest absolute Gasteiger partial charge is 0.364 e. The number of aliphatic hydroxyl groups is 2. The van der Waals surface area contributed by atoms with E-state index in [2.05, 4.69) is 10.1 Å². The smallest absolute Gasteiger partial charge is 0.255 e. The maximum atomic E-state index is 13.8. The summed E-state index contributed by atoms with van der Waals surface area (Å²) in [7, 11) is 1.53. The Bertz CT molecular complexity index is 1030. The first-order valence-corrected chi connectivity index (χ1v) is 8.29. The Hall–Kier alpha value is -2.78. The minimum atomic E-state index is -1.68. The number of anilines is 1. The molecule has 3 aromatic heterocycles. The Morgan fingerprint density at radius 2 is 2.19 bits per heavy atom. The van der Waals surface area contributed by atoms with Gasteiger partial charge in [-0.15, -0.1) is 0 Å². The van der Waals surface area contributed by atoms with Crippen LogP contribution in [0.5, 0.6) is 0 Å². The Morgan fingerprint density at radius 3 is 2.96 bits per heavy atom. The normalized spacial score (nSPS) is 17.6. The topological polar surface area (TPSA) is 95.9 Å². The number of fused-ring (bicyclic) bond motifs is 1. The molecule has 3 aromatic rings. The Balaban J connectivity index is 1.79. The van der Waals surface area contributed by atoms with E-state index in [4.69, 9.17) is 0 Å². The molecule has 1 fully saturated rings. The molecular weight excluding hydrogens is 341 g/mol. The lowest BCUT2D eigenvalue weighted by atomic mass is 10.1. The highest BCUT2D eigenvalue weighted by atomic mass is 19.1. The summed E-state index contributed by atoms with van der Waals surface area (Å²) in [5.41, 5.74) is 0.683. The predicted molar refractivity (Wildman–Crippen MR) is 91.1 cm³/mol. The molecule has 2 N–H and O–H groups in total. The zero-order chi connectivity index (χ0) is 18.4. The SMILES string of the molecule is Cn1cc(F)cc([C@H]2CCCN2c2ccn3ncc(C(O)O)c3n2)c1=O. The number of rotatable bonds is 3. The van der Waals surface area contributed by atoms with Crippen LogP contribution in [0.2, 0.25) is 0 Å². The van der Waals surface area contributed by atoms with Gasteiger partial charge in [0.25, 0.3) is 5.56 Å². The standard InChI is InChI=1S/C17H18FN5O3/c1-21-9-10(18)7-11(16(21)24)13-3-2-5-22(13)14-4-6-23-15(20-14)12(8-19-23)17(25)26/h4,6-9,13,17,25-26H,2-3,5H2,1H3/t13-/m1/s1. The second kappa shape index (κ2) is 6.19. The molecule has 0 aromatic carbocycles. The fourth-order valence-corrected chi connectivity index (χ4v) is 3.52. The number of pyridine rings is 1. The Kier molecular flexibility index (Phi) is 3.97. The molecule has 0 unspecified atom stereocenters. The number of aliphatic hydroxyl groups excluding tert-OH is 1. The molecule has 0 radical (unpaired) electrons. The highest BCUT2D eigenvalue weighted by Gasteiger charge is 2.30. The van der Waals surface area contributed by atoms with Gasteiger partial charge in [0.2, 0.25) is 0 Å². The van der Waals surface area contributed by atoms with Crippen molar-refractivity contribution in [1.82, 2.24) is 19.2 Å². The average Bonchev–Trinajstić information content (AvgIpc) is 3.24. The first-order valence-electron chi connectivity index (χ1n) is 8.29. The third-order valence-electron chi connectivity index (χ3n) is 4.74. The summed E-state index contributed by atoms with van der Waals surface area (Å²) in [5, 5.41) is 22.9. The van der Waals surface area contributed by atoms with E-state index in [9.17, 15) is 19.4 Å². The summed E-state index contributed by atoms with van der Waals surface area (Å²) >= 11 is 0. The molecule has 4 rings (SSSR count). The van der Waals surface area contributed by atoms with Gasteiger partial charge in [-0.3, -0.25) is 4.79 Å². The zero-order valence-corrected chi connectivity index (χ0v) is 14.1. The van der Waals surface area contributed by atoms with Crippen LogP contribution < -0.4 is 10.5 Å². The quantitative estimate of drug-likeness (QED) is 0.675. The van der Waals surface area contributed by atoms with Gasteiger partial charge in [-0.1, -0.05) is 0 Å². The summed E-state index contributed by atoms with van der Waals surface area (Å²) in [6.07, 6.45) is 4.05. The molecule has 9 heteroatoms. The number of halogens is 1. The van der Waals surface area contributed by atoms with E-state index in [0.717, 1.165) is 12.6 Å². The van der Waals surface area contributed by atoms with Crippen molar-refractivity contribution in [3.63, 3.8) is 0 Å². The lowest BCUT2D eigenvalue weighted by Crippen LogP contribution is -2.31. The maximum Gasteiger partial charge on any atom is 0.255 e. The highest BCUT2D eigenvalue weighted by molar-refractivity contribution is 5.54. The first-order chi connectivity index (χ1) is 12.5. The van der Waals surface area contributed by atoms with E-state index in [1.807, 2.05) is 4.90 Å². The fraction of sp³-hybridized carbons (Fsp3) is 0.353. The van der Waals surface area contributed by atoms with Crippen LogP contribution in [-0.4, -0.2) is 35.9 Å². The summed E-state index contributed by atoms with van der Waals surface area (Å²) < 4.78 is 16.5. The van der Waals surface area contributed by atoms with Gasteiger partial charge in [0.15, 0.2) is 11.9 Å². The van der Waals surface area contributed by atoms with Gasteiger partial charge in [0.1, 0.15) is 11.6 Å². The lowest BCUT2D eigenvalue weighted by molar-refractivity contribution is -0.0414. The number of nitrogens with zero attached hydrogens (tertiary/aromatic N) is 5. The zero-order valence-electron chi connectivity index (χ0n) is 14.1. The van der Waals surface area contributed by atoms with Gasteiger partial charge >= 0.3 is 0 Å². The predicted octanol–water partition coefficient (Wildman–Crippen LogP) is 0.892. The highest BCUT2D eigenvalue weighted by Crippen LogP contribution is 2.34. The molecule has 1 atom stereocenters. The van der Waals surface area contributed by atoms with Crippen LogP contribution in [0.15, 0.2) is 35.5 Å². The van der Waals surface area contributed by atoms with Crippen LogP contribution in [0, 0.1) is 5.82 Å². The van der Waals surface area contributed by atoms with Gasteiger partial charge in [-0.2, -0.15) is 5.10 Å². The van der Waals surface area contributed by atoms with E-state index < -0.39 is 12.1 Å². The van der Waals surface area contributed by atoms with Crippen LogP contribution in [0.3, 0.4) is 0 Å². The van der Waals surface area contributed by atoms with E-state index >= 15 is 0 Å². The van der Waals surface area contributed by atoms with Crippen molar-refractivity contribution in [2.24, 2.45) is 7.05 Å². The molecule has 0 amide bonds. The van der Waals surface area contributed by atoms with Crippen LogP contribution in [0.4, 0.5) is 10.2 Å². The molecule has 1 aliphatic rings. The van der Waals surface area contributed by atoms with Gasteiger partial charge in [0, 0.05) is 31.5 Å². The fourth-order valence-electron chi connectivity index (χ4n) is 3.52. The number of hydrogen-bond acceptors (Lipinski definition) is 6. The molecule has 0 aliphatic carbocycles. The van der Waals surface area contributed by atoms with Crippen LogP contribution in [0.25, 0.3) is 5.65 Å². The molecular formula is C17H18FN5O3. The van der Waals surface area contributed by atoms with Crippen molar-refractivity contribution in [3.05, 3.63) is 58.0 Å². The van der Waals surface area contributed by atoms with Gasteiger partial charge in [0.05, 0.1) is 17.8 Å². The van der Waals surface area contributed by atoms with Gasteiger partial charge in [-0.05, 0) is 25.0 Å². The van der Waals surface area contributed by atoms with Crippen LogP contribution in [0.1, 0.15) is 36.3 Å². The molecule has 0 saturated carbocycles.